The van der Waals surface area contributed by atoms with Crippen LogP contribution in [0.4, 0.5) is 0 Å². The summed E-state index contributed by atoms with van der Waals surface area (Å²) in [6.45, 7) is 6.96. The highest BCUT2D eigenvalue weighted by Crippen LogP contribution is 2.23. The Hall–Kier alpha value is -1.44. The molecule has 0 bridgehead atoms. The lowest BCUT2D eigenvalue weighted by atomic mass is 9.99. The number of rotatable bonds is 7. The van der Waals surface area contributed by atoms with E-state index in [0.717, 1.165) is 12.0 Å². The normalized spacial score (nSPS) is 18.4. The van der Waals surface area contributed by atoms with Crippen molar-refractivity contribution in [1.29, 1.82) is 0 Å². The van der Waals surface area contributed by atoms with Crippen molar-refractivity contribution in [2.45, 2.75) is 37.5 Å². The van der Waals surface area contributed by atoms with E-state index >= 15 is 0 Å². The number of carbonyl (C=O) groups is 1. The van der Waals surface area contributed by atoms with E-state index in [1.54, 1.807) is 12.1 Å². The van der Waals surface area contributed by atoms with Crippen LogP contribution >= 0.6 is 0 Å². The molecule has 1 aromatic carbocycles. The minimum Gasteiger partial charge on any atom is -0.370 e. The Balaban J connectivity index is 2.00. The third kappa shape index (κ3) is 4.55. The zero-order chi connectivity index (χ0) is 17.7. The topological polar surface area (TPSA) is 83.7 Å². The molecule has 1 heterocycles. The smallest absolute Gasteiger partial charge is 0.243 e. The SMILES string of the molecule is CCC(C)c1ccc(S(=O)(=O)N2CCN(CCC(N)=O)CC2)cc1. The van der Waals surface area contributed by atoms with Crippen molar-refractivity contribution >= 4 is 15.9 Å². The maximum Gasteiger partial charge on any atom is 0.243 e. The molecule has 1 atom stereocenters. The molecular formula is C17H27N3O3S. The summed E-state index contributed by atoms with van der Waals surface area (Å²) in [4.78, 5) is 13.3. The van der Waals surface area contributed by atoms with Gasteiger partial charge in [0.1, 0.15) is 0 Å². The van der Waals surface area contributed by atoms with Gasteiger partial charge < -0.3 is 10.6 Å². The quantitative estimate of drug-likeness (QED) is 0.803. The molecule has 24 heavy (non-hydrogen) atoms. The zero-order valence-electron chi connectivity index (χ0n) is 14.4. The molecule has 1 aliphatic heterocycles. The van der Waals surface area contributed by atoms with Crippen molar-refractivity contribution in [1.82, 2.24) is 9.21 Å². The highest BCUT2D eigenvalue weighted by Gasteiger charge is 2.28. The van der Waals surface area contributed by atoms with Crippen molar-refractivity contribution in [2.24, 2.45) is 5.73 Å². The Labute approximate surface area is 144 Å². The van der Waals surface area contributed by atoms with E-state index in [0.29, 0.717) is 50.0 Å². The summed E-state index contributed by atoms with van der Waals surface area (Å²) in [6.07, 6.45) is 1.34. The maximum atomic E-state index is 12.7. The second-order valence-corrected chi connectivity index (χ2v) is 8.28. The van der Waals surface area contributed by atoms with Crippen LogP contribution in [0.3, 0.4) is 0 Å². The molecule has 1 aliphatic rings. The highest BCUT2D eigenvalue weighted by molar-refractivity contribution is 7.89. The third-order valence-electron chi connectivity index (χ3n) is 4.70. The molecule has 1 unspecified atom stereocenters. The van der Waals surface area contributed by atoms with E-state index in [9.17, 15) is 13.2 Å². The molecule has 6 nitrogen and oxygen atoms in total. The fourth-order valence-corrected chi connectivity index (χ4v) is 4.24. The number of nitrogens with zero attached hydrogens (tertiary/aromatic N) is 2. The van der Waals surface area contributed by atoms with Crippen LogP contribution in [0.2, 0.25) is 0 Å². The Bertz CT molecular complexity index is 650. The van der Waals surface area contributed by atoms with Gasteiger partial charge in [0.25, 0.3) is 0 Å². The van der Waals surface area contributed by atoms with E-state index in [1.807, 2.05) is 12.1 Å². The lowest BCUT2D eigenvalue weighted by molar-refractivity contribution is -0.118. The first-order valence-corrected chi connectivity index (χ1v) is 9.89. The van der Waals surface area contributed by atoms with Gasteiger partial charge in [0.2, 0.25) is 15.9 Å². The maximum absolute atomic E-state index is 12.7. The number of hydrogen-bond donors (Lipinski definition) is 1. The lowest BCUT2D eigenvalue weighted by Gasteiger charge is -2.33. The van der Waals surface area contributed by atoms with Crippen LogP contribution in [0.25, 0.3) is 0 Å². The number of hydrogen-bond acceptors (Lipinski definition) is 4. The van der Waals surface area contributed by atoms with Crippen LogP contribution in [0, 0.1) is 0 Å². The molecule has 0 spiro atoms. The van der Waals surface area contributed by atoms with Crippen molar-refractivity contribution < 1.29 is 13.2 Å². The fourth-order valence-electron chi connectivity index (χ4n) is 2.81. The fraction of sp³-hybridized carbons (Fsp3) is 0.588. The lowest BCUT2D eigenvalue weighted by Crippen LogP contribution is -2.49. The largest absolute Gasteiger partial charge is 0.370 e. The molecule has 1 fully saturated rings. The van der Waals surface area contributed by atoms with Crippen molar-refractivity contribution in [2.75, 3.05) is 32.7 Å². The minimum absolute atomic E-state index is 0.309. The van der Waals surface area contributed by atoms with Crippen molar-refractivity contribution in [3.8, 4) is 0 Å². The van der Waals surface area contributed by atoms with Crippen LogP contribution in [0.5, 0.6) is 0 Å². The van der Waals surface area contributed by atoms with Gasteiger partial charge in [-0.15, -0.1) is 0 Å². The standard InChI is InChI=1S/C17H27N3O3S/c1-3-14(2)15-4-6-16(7-5-15)24(22,23)20-12-10-19(11-13-20)9-8-17(18)21/h4-7,14H,3,8-13H2,1-2H3,(H2,18,21). The first-order valence-electron chi connectivity index (χ1n) is 8.45. The van der Waals surface area contributed by atoms with E-state index in [2.05, 4.69) is 18.7 Å². The first-order chi connectivity index (χ1) is 11.3. The summed E-state index contributed by atoms with van der Waals surface area (Å²) in [7, 11) is -3.45. The number of piperazine rings is 1. The Morgan fingerprint density at radius 2 is 1.75 bits per heavy atom. The molecule has 134 valence electrons. The number of amides is 1. The van der Waals surface area contributed by atoms with Gasteiger partial charge in [0, 0.05) is 39.1 Å². The zero-order valence-corrected chi connectivity index (χ0v) is 15.3. The van der Waals surface area contributed by atoms with Gasteiger partial charge in [-0.25, -0.2) is 8.42 Å². The number of carbonyl (C=O) groups excluding carboxylic acids is 1. The average Bonchev–Trinajstić information content (AvgIpc) is 2.59. The minimum atomic E-state index is -3.45. The first kappa shape index (κ1) is 18.9. The molecular weight excluding hydrogens is 326 g/mol. The summed E-state index contributed by atoms with van der Waals surface area (Å²) in [5.74, 6) is 0.0991. The van der Waals surface area contributed by atoms with Gasteiger partial charge in [-0.1, -0.05) is 26.0 Å². The Morgan fingerprint density at radius 1 is 1.17 bits per heavy atom. The molecule has 2 N–H and O–H groups in total. The summed E-state index contributed by atoms with van der Waals surface area (Å²) in [5.41, 5.74) is 6.31. The van der Waals surface area contributed by atoms with Crippen LogP contribution in [-0.2, 0) is 14.8 Å². The van der Waals surface area contributed by atoms with Gasteiger partial charge in [-0.3, -0.25) is 4.79 Å². The number of nitrogens with two attached hydrogens (primary N) is 1. The summed E-state index contributed by atoms with van der Waals surface area (Å²) >= 11 is 0. The van der Waals surface area contributed by atoms with Crippen LogP contribution in [0.1, 0.15) is 38.2 Å². The average molecular weight is 353 g/mol. The molecule has 7 heteroatoms. The predicted octanol–water partition coefficient (Wildman–Crippen LogP) is 1.38. The molecule has 0 aliphatic carbocycles. The monoisotopic (exact) mass is 353 g/mol. The van der Waals surface area contributed by atoms with Crippen LogP contribution in [-0.4, -0.2) is 56.3 Å². The number of benzene rings is 1. The molecule has 2 rings (SSSR count). The van der Waals surface area contributed by atoms with Crippen LogP contribution < -0.4 is 5.73 Å². The molecule has 1 aromatic rings. The van der Waals surface area contributed by atoms with E-state index in [4.69, 9.17) is 5.73 Å². The number of sulfonamides is 1. The molecule has 0 radical (unpaired) electrons. The van der Waals surface area contributed by atoms with Gasteiger partial charge in [-0.2, -0.15) is 4.31 Å². The highest BCUT2D eigenvalue weighted by atomic mass is 32.2. The van der Waals surface area contributed by atoms with Crippen LogP contribution in [0.15, 0.2) is 29.2 Å². The van der Waals surface area contributed by atoms with E-state index in [1.165, 1.54) is 4.31 Å². The molecule has 1 amide bonds. The Morgan fingerprint density at radius 3 is 2.25 bits per heavy atom. The van der Waals surface area contributed by atoms with Gasteiger partial charge >= 0.3 is 0 Å². The number of primary amides is 1. The second kappa shape index (κ2) is 8.09. The molecule has 0 aromatic heterocycles. The summed E-state index contributed by atoms with van der Waals surface area (Å²) in [5, 5.41) is 0. The molecule has 1 saturated heterocycles. The molecule has 0 saturated carbocycles. The second-order valence-electron chi connectivity index (χ2n) is 6.34. The van der Waals surface area contributed by atoms with Gasteiger partial charge in [0.15, 0.2) is 0 Å². The third-order valence-corrected chi connectivity index (χ3v) is 6.62. The summed E-state index contributed by atoms with van der Waals surface area (Å²) < 4.78 is 27.0. The Kier molecular flexibility index (Phi) is 6.37. The van der Waals surface area contributed by atoms with E-state index < -0.39 is 10.0 Å². The van der Waals surface area contributed by atoms with Gasteiger partial charge in [0.05, 0.1) is 4.90 Å². The summed E-state index contributed by atoms with van der Waals surface area (Å²) in [6, 6.07) is 7.22. The van der Waals surface area contributed by atoms with Gasteiger partial charge in [-0.05, 0) is 30.0 Å². The van der Waals surface area contributed by atoms with E-state index in [-0.39, 0.29) is 5.91 Å². The van der Waals surface area contributed by atoms with Crippen molar-refractivity contribution in [3.63, 3.8) is 0 Å². The predicted molar refractivity (Wildman–Crippen MR) is 94.2 cm³/mol. The van der Waals surface area contributed by atoms with Crippen molar-refractivity contribution in [3.05, 3.63) is 29.8 Å².